The number of benzene rings is 2. The van der Waals surface area contributed by atoms with Crippen LogP contribution in [0.15, 0.2) is 30.3 Å². The fraction of sp³-hybridized carbons (Fsp3) is 0.520. The molecule has 0 bridgehead atoms. The van der Waals surface area contributed by atoms with Crippen LogP contribution >= 0.6 is 0 Å². The van der Waals surface area contributed by atoms with E-state index in [1.54, 1.807) is 11.1 Å². The van der Waals surface area contributed by atoms with E-state index < -0.39 is 0 Å². The molecule has 2 saturated carbocycles. The van der Waals surface area contributed by atoms with Gasteiger partial charge in [0.2, 0.25) is 0 Å². The van der Waals surface area contributed by atoms with Crippen LogP contribution in [0.2, 0.25) is 0 Å². The third kappa shape index (κ3) is 4.79. The Morgan fingerprint density at radius 2 is 1.29 bits per heavy atom. The van der Waals surface area contributed by atoms with Gasteiger partial charge < -0.3 is 24.8 Å². The van der Waals surface area contributed by atoms with E-state index in [2.05, 4.69) is 36.4 Å². The molecule has 2 aromatic rings. The minimum atomic E-state index is 0. The minimum Gasteiger partial charge on any atom is -1.00 e. The largest absolute Gasteiger partial charge is 3.00 e. The Balaban J connectivity index is 0.000000934. The SMILES string of the molecule is [Cl-].[Cl-].[Zr+3].[c-]1c(C2CCCCC2)ccc2c1Cc1cc(C3CCCCC3)ccc1-2. The number of halogens is 2. The molecule has 147 valence electrons. The van der Waals surface area contributed by atoms with Crippen molar-refractivity contribution < 1.29 is 51.0 Å². The van der Waals surface area contributed by atoms with E-state index in [0.717, 1.165) is 18.3 Å². The van der Waals surface area contributed by atoms with Crippen LogP contribution in [-0.4, -0.2) is 0 Å². The quantitative estimate of drug-likeness (QED) is 0.472. The van der Waals surface area contributed by atoms with Gasteiger partial charge in [0.25, 0.3) is 0 Å². The summed E-state index contributed by atoms with van der Waals surface area (Å²) in [4.78, 5) is 0. The molecule has 0 amide bonds. The molecule has 28 heavy (non-hydrogen) atoms. The third-order valence-corrected chi connectivity index (χ3v) is 6.96. The molecule has 0 saturated heterocycles. The topological polar surface area (TPSA) is 0 Å². The second-order valence-corrected chi connectivity index (χ2v) is 8.57. The summed E-state index contributed by atoms with van der Waals surface area (Å²) >= 11 is 0. The van der Waals surface area contributed by atoms with Gasteiger partial charge in [-0.15, -0.1) is 11.1 Å². The summed E-state index contributed by atoms with van der Waals surface area (Å²) in [6.07, 6.45) is 15.1. The van der Waals surface area contributed by atoms with Gasteiger partial charge >= 0.3 is 26.2 Å². The van der Waals surface area contributed by atoms with Crippen LogP contribution < -0.4 is 24.8 Å². The van der Waals surface area contributed by atoms with Crippen molar-refractivity contribution in [3.8, 4) is 11.1 Å². The van der Waals surface area contributed by atoms with Gasteiger partial charge in [-0.25, -0.2) is 0 Å². The van der Waals surface area contributed by atoms with Gasteiger partial charge in [0, 0.05) is 0 Å². The van der Waals surface area contributed by atoms with Gasteiger partial charge in [0.05, 0.1) is 0 Å². The molecule has 1 radical (unpaired) electrons. The molecule has 0 unspecified atom stereocenters. The normalized spacial score (nSPS) is 18.9. The Bertz CT molecular complexity index is 709. The number of fused-ring (bicyclic) bond motifs is 3. The van der Waals surface area contributed by atoms with E-state index in [4.69, 9.17) is 0 Å². The molecular weight excluding hydrogens is 462 g/mol. The first-order valence-corrected chi connectivity index (χ1v) is 10.6. The van der Waals surface area contributed by atoms with Crippen LogP contribution in [0.5, 0.6) is 0 Å². The molecule has 0 nitrogen and oxygen atoms in total. The summed E-state index contributed by atoms with van der Waals surface area (Å²) in [5.41, 5.74) is 9.01. The molecule has 5 rings (SSSR count). The Labute approximate surface area is 202 Å². The molecule has 3 aliphatic carbocycles. The van der Waals surface area contributed by atoms with Crippen LogP contribution in [0.1, 0.15) is 98.3 Å². The van der Waals surface area contributed by atoms with Crippen molar-refractivity contribution in [2.45, 2.75) is 82.5 Å². The molecule has 0 spiro atoms. The Hall–Kier alpha value is -0.0969. The second-order valence-electron chi connectivity index (χ2n) is 8.57. The number of hydrogen-bond donors (Lipinski definition) is 0. The Morgan fingerprint density at radius 3 is 1.96 bits per heavy atom. The summed E-state index contributed by atoms with van der Waals surface area (Å²) < 4.78 is 0. The maximum absolute atomic E-state index is 3.84. The molecule has 0 aromatic heterocycles. The molecule has 0 heterocycles. The predicted octanol–water partition coefficient (Wildman–Crippen LogP) is 1.16. The standard InChI is InChI=1S/C25H29.2ClH.Zr/c1-3-7-18(8-4-1)20-11-13-24-22(15-20)17-23-16-21(12-14-25(23)24)19-9-5-2-6-10-19;;;/h11-15,18-19H,1-10,17H2;2*1H;/q-1;;;+3/p-2. The predicted molar refractivity (Wildman–Crippen MR) is 105 cm³/mol. The summed E-state index contributed by atoms with van der Waals surface area (Å²) in [5, 5.41) is 0. The maximum Gasteiger partial charge on any atom is 3.00 e. The van der Waals surface area contributed by atoms with Crippen molar-refractivity contribution in [1.29, 1.82) is 0 Å². The smallest absolute Gasteiger partial charge is 1.00 e. The first-order valence-electron chi connectivity index (χ1n) is 10.6. The monoisotopic (exact) mass is 489 g/mol. The third-order valence-electron chi connectivity index (χ3n) is 6.96. The summed E-state index contributed by atoms with van der Waals surface area (Å²) in [7, 11) is 0. The second kappa shape index (κ2) is 10.8. The van der Waals surface area contributed by atoms with E-state index >= 15 is 0 Å². The molecular formula is C25H29Cl2Zr. The van der Waals surface area contributed by atoms with E-state index in [0.29, 0.717) is 0 Å². The van der Waals surface area contributed by atoms with E-state index in [1.165, 1.54) is 86.5 Å². The summed E-state index contributed by atoms with van der Waals surface area (Å²) in [6, 6.07) is 16.0. The number of hydrogen-bond acceptors (Lipinski definition) is 0. The summed E-state index contributed by atoms with van der Waals surface area (Å²) in [6.45, 7) is 0. The fourth-order valence-corrected chi connectivity index (χ4v) is 5.50. The first kappa shape index (κ1) is 24.2. The van der Waals surface area contributed by atoms with Gasteiger partial charge in [0.1, 0.15) is 0 Å². The Morgan fingerprint density at radius 1 is 0.679 bits per heavy atom. The zero-order valence-electron chi connectivity index (χ0n) is 16.6. The molecule has 3 aliphatic rings. The van der Waals surface area contributed by atoms with Crippen molar-refractivity contribution >= 4 is 0 Å². The minimum absolute atomic E-state index is 0. The van der Waals surface area contributed by atoms with Gasteiger partial charge in [-0.3, -0.25) is 0 Å². The molecule has 2 fully saturated rings. The van der Waals surface area contributed by atoms with Crippen LogP contribution in [0.4, 0.5) is 0 Å². The summed E-state index contributed by atoms with van der Waals surface area (Å²) in [5.74, 6) is 1.57. The van der Waals surface area contributed by atoms with Gasteiger partial charge in [-0.1, -0.05) is 62.3 Å². The number of rotatable bonds is 2. The van der Waals surface area contributed by atoms with Gasteiger partial charge in [-0.05, 0) is 55.1 Å². The zero-order chi connectivity index (χ0) is 16.6. The molecule has 0 aliphatic heterocycles. The molecule has 0 atom stereocenters. The van der Waals surface area contributed by atoms with Crippen molar-refractivity contribution in [3.63, 3.8) is 0 Å². The van der Waals surface area contributed by atoms with Crippen LogP contribution in [-0.2, 0) is 32.6 Å². The van der Waals surface area contributed by atoms with Crippen molar-refractivity contribution in [1.82, 2.24) is 0 Å². The van der Waals surface area contributed by atoms with Crippen LogP contribution in [0.3, 0.4) is 0 Å². The van der Waals surface area contributed by atoms with E-state index in [9.17, 15) is 0 Å². The van der Waals surface area contributed by atoms with Crippen molar-refractivity contribution in [2.75, 3.05) is 0 Å². The molecule has 3 heteroatoms. The van der Waals surface area contributed by atoms with Gasteiger partial charge in [0.15, 0.2) is 0 Å². The molecule has 2 aromatic carbocycles. The molecule has 0 N–H and O–H groups in total. The Kier molecular flexibility index (Phi) is 9.32. The first-order chi connectivity index (χ1) is 12.4. The van der Waals surface area contributed by atoms with Gasteiger partial charge in [-0.2, -0.15) is 23.8 Å². The maximum atomic E-state index is 3.84. The van der Waals surface area contributed by atoms with Crippen LogP contribution in [0.25, 0.3) is 11.1 Å². The average molecular weight is 492 g/mol. The van der Waals surface area contributed by atoms with E-state index in [1.807, 2.05) is 0 Å². The average Bonchev–Trinajstić information content (AvgIpc) is 3.06. The van der Waals surface area contributed by atoms with E-state index in [-0.39, 0.29) is 51.0 Å². The van der Waals surface area contributed by atoms with Crippen molar-refractivity contribution in [2.24, 2.45) is 0 Å². The van der Waals surface area contributed by atoms with Crippen molar-refractivity contribution in [3.05, 3.63) is 58.7 Å². The fourth-order valence-electron chi connectivity index (χ4n) is 5.50. The zero-order valence-corrected chi connectivity index (χ0v) is 20.5. The van der Waals surface area contributed by atoms with Crippen LogP contribution in [0, 0.1) is 6.07 Å².